The third-order valence-corrected chi connectivity index (χ3v) is 5.61. The molecule has 32 heavy (non-hydrogen) atoms. The molecule has 1 aliphatic rings. The predicted molar refractivity (Wildman–Crippen MR) is 122 cm³/mol. The van der Waals surface area contributed by atoms with Crippen LogP contribution in [-0.4, -0.2) is 63.3 Å². The van der Waals surface area contributed by atoms with Crippen LogP contribution in [0.3, 0.4) is 0 Å². The Kier molecular flexibility index (Phi) is 8.92. The summed E-state index contributed by atoms with van der Waals surface area (Å²) in [5.74, 6) is 1.58. The van der Waals surface area contributed by atoms with Crippen LogP contribution < -0.4 is 14.8 Å². The van der Waals surface area contributed by atoms with Gasteiger partial charge in [0.1, 0.15) is 17.6 Å². The first-order valence-electron chi connectivity index (χ1n) is 11.0. The van der Waals surface area contributed by atoms with E-state index in [1.807, 2.05) is 41.3 Å². The van der Waals surface area contributed by atoms with E-state index >= 15 is 0 Å². The summed E-state index contributed by atoms with van der Waals surface area (Å²) in [6, 6.07) is 15.0. The van der Waals surface area contributed by atoms with Gasteiger partial charge >= 0.3 is 0 Å². The highest BCUT2D eigenvalue weighted by atomic mass is 16.5. The summed E-state index contributed by atoms with van der Waals surface area (Å²) in [6.45, 7) is 2.37. The van der Waals surface area contributed by atoms with Crippen molar-refractivity contribution < 1.29 is 23.8 Å². The van der Waals surface area contributed by atoms with Crippen LogP contribution in [0.4, 0.5) is 0 Å². The zero-order valence-corrected chi connectivity index (χ0v) is 18.8. The van der Waals surface area contributed by atoms with E-state index in [1.54, 1.807) is 26.4 Å². The predicted octanol–water partition coefficient (Wildman–Crippen LogP) is 3.07. The molecule has 0 aromatic heterocycles. The molecule has 7 heteroatoms. The van der Waals surface area contributed by atoms with Crippen molar-refractivity contribution in [2.75, 3.05) is 40.5 Å². The lowest BCUT2D eigenvalue weighted by atomic mass is 10.1. The molecule has 0 unspecified atom stereocenters. The van der Waals surface area contributed by atoms with Crippen LogP contribution in [0.5, 0.6) is 11.5 Å². The highest BCUT2D eigenvalue weighted by Crippen LogP contribution is 2.20. The van der Waals surface area contributed by atoms with Crippen LogP contribution in [0.25, 0.3) is 0 Å². The number of piperidine rings is 1. The minimum atomic E-state index is -0.116. The van der Waals surface area contributed by atoms with Crippen molar-refractivity contribution >= 4 is 11.8 Å². The lowest BCUT2D eigenvalue weighted by Crippen LogP contribution is -2.42. The largest absolute Gasteiger partial charge is 0.496 e. The van der Waals surface area contributed by atoms with Gasteiger partial charge in [0, 0.05) is 45.1 Å². The number of amides is 2. The average Bonchev–Trinajstić information content (AvgIpc) is 2.83. The minimum absolute atomic E-state index is 0.0713. The molecule has 0 radical (unpaired) electrons. The first-order chi connectivity index (χ1) is 15.6. The van der Waals surface area contributed by atoms with E-state index in [0.29, 0.717) is 44.6 Å². The summed E-state index contributed by atoms with van der Waals surface area (Å²) < 4.78 is 16.4. The van der Waals surface area contributed by atoms with E-state index in [0.717, 1.165) is 29.9 Å². The SMILES string of the molecule is COCCC(=O)N1CCC(Oc2ccc(C(=O)NCCc3ccccc3OC)cc2)CC1. The third kappa shape index (κ3) is 6.72. The van der Waals surface area contributed by atoms with Crippen LogP contribution in [0.2, 0.25) is 0 Å². The maximum atomic E-state index is 12.4. The first kappa shape index (κ1) is 23.6. The van der Waals surface area contributed by atoms with Crippen LogP contribution in [0, 0.1) is 0 Å². The summed E-state index contributed by atoms with van der Waals surface area (Å²) in [6.07, 6.45) is 2.78. The molecule has 0 spiro atoms. The quantitative estimate of drug-likeness (QED) is 0.614. The molecule has 2 aromatic rings. The van der Waals surface area contributed by atoms with Crippen LogP contribution in [0.15, 0.2) is 48.5 Å². The molecule has 0 aliphatic carbocycles. The van der Waals surface area contributed by atoms with E-state index in [1.165, 1.54) is 0 Å². The molecular weight excluding hydrogens is 408 g/mol. The Morgan fingerprint density at radius 1 is 1.03 bits per heavy atom. The number of nitrogens with one attached hydrogen (secondary N) is 1. The Hall–Kier alpha value is -3.06. The van der Waals surface area contributed by atoms with E-state index in [4.69, 9.17) is 14.2 Å². The maximum Gasteiger partial charge on any atom is 0.251 e. The molecule has 1 N–H and O–H groups in total. The standard InChI is InChI=1S/C25H32N2O5/c1-30-18-14-24(28)27-16-12-22(13-17-27)32-21-9-7-20(8-10-21)25(29)26-15-11-19-5-3-4-6-23(19)31-2/h3-10,22H,11-18H2,1-2H3,(H,26,29). The fraction of sp³-hybridized carbons (Fsp3) is 0.440. The molecule has 1 heterocycles. The summed E-state index contributed by atoms with van der Waals surface area (Å²) in [5.41, 5.74) is 1.65. The molecule has 3 rings (SSSR count). The van der Waals surface area contributed by atoms with Gasteiger partial charge in [0.05, 0.1) is 20.1 Å². The Bertz CT molecular complexity index is 876. The Labute approximate surface area is 189 Å². The van der Waals surface area contributed by atoms with Crippen LogP contribution in [-0.2, 0) is 16.0 Å². The number of hydrogen-bond acceptors (Lipinski definition) is 5. The first-order valence-corrected chi connectivity index (χ1v) is 11.0. The molecule has 2 amide bonds. The number of rotatable bonds is 10. The Morgan fingerprint density at radius 3 is 2.44 bits per heavy atom. The van der Waals surface area contributed by atoms with Crippen molar-refractivity contribution in [3.8, 4) is 11.5 Å². The van der Waals surface area contributed by atoms with Crippen molar-refractivity contribution in [2.45, 2.75) is 31.8 Å². The van der Waals surface area contributed by atoms with Gasteiger partial charge in [-0.1, -0.05) is 18.2 Å². The van der Waals surface area contributed by atoms with Gasteiger partial charge < -0.3 is 24.4 Å². The molecule has 7 nitrogen and oxygen atoms in total. The fourth-order valence-electron chi connectivity index (χ4n) is 3.77. The second-order valence-electron chi connectivity index (χ2n) is 7.78. The van der Waals surface area contributed by atoms with Gasteiger partial charge in [0.2, 0.25) is 5.91 Å². The third-order valence-electron chi connectivity index (χ3n) is 5.61. The van der Waals surface area contributed by atoms with Crippen molar-refractivity contribution in [2.24, 2.45) is 0 Å². The molecule has 1 aliphatic heterocycles. The molecule has 1 saturated heterocycles. The van der Waals surface area contributed by atoms with Crippen molar-refractivity contribution in [3.63, 3.8) is 0 Å². The van der Waals surface area contributed by atoms with Crippen LogP contribution >= 0.6 is 0 Å². The number of methoxy groups -OCH3 is 2. The zero-order chi connectivity index (χ0) is 22.8. The van der Waals surface area contributed by atoms with Crippen molar-refractivity contribution in [1.82, 2.24) is 10.2 Å². The monoisotopic (exact) mass is 440 g/mol. The molecule has 2 aromatic carbocycles. The number of benzene rings is 2. The highest BCUT2D eigenvalue weighted by Gasteiger charge is 2.23. The molecule has 0 atom stereocenters. The second kappa shape index (κ2) is 12.1. The van der Waals surface area contributed by atoms with Gasteiger partial charge in [-0.15, -0.1) is 0 Å². The smallest absolute Gasteiger partial charge is 0.251 e. The molecule has 1 fully saturated rings. The maximum absolute atomic E-state index is 12.4. The Balaban J connectivity index is 1.42. The number of hydrogen-bond donors (Lipinski definition) is 1. The van der Waals surface area contributed by atoms with Gasteiger partial charge in [-0.05, 0) is 42.3 Å². The minimum Gasteiger partial charge on any atom is -0.496 e. The number of carbonyl (C=O) groups excluding carboxylic acids is 2. The second-order valence-corrected chi connectivity index (χ2v) is 7.78. The van der Waals surface area contributed by atoms with Crippen LogP contribution in [0.1, 0.15) is 35.2 Å². The number of para-hydroxylation sites is 1. The summed E-state index contributed by atoms with van der Waals surface area (Å²) in [7, 11) is 3.25. The molecule has 172 valence electrons. The lowest BCUT2D eigenvalue weighted by molar-refractivity contribution is -0.133. The summed E-state index contributed by atoms with van der Waals surface area (Å²) in [5, 5.41) is 2.95. The number of likely N-dealkylation sites (tertiary alicyclic amines) is 1. The van der Waals surface area contributed by atoms with Gasteiger partial charge in [-0.2, -0.15) is 0 Å². The van der Waals surface area contributed by atoms with Gasteiger partial charge in [-0.25, -0.2) is 0 Å². The van der Waals surface area contributed by atoms with E-state index < -0.39 is 0 Å². The van der Waals surface area contributed by atoms with E-state index in [2.05, 4.69) is 5.32 Å². The average molecular weight is 441 g/mol. The zero-order valence-electron chi connectivity index (χ0n) is 18.8. The van der Waals surface area contributed by atoms with Crippen molar-refractivity contribution in [3.05, 3.63) is 59.7 Å². The number of carbonyl (C=O) groups is 2. The number of ether oxygens (including phenoxy) is 3. The molecule has 0 saturated carbocycles. The topological polar surface area (TPSA) is 77.1 Å². The van der Waals surface area contributed by atoms with Gasteiger partial charge in [0.25, 0.3) is 5.91 Å². The van der Waals surface area contributed by atoms with E-state index in [-0.39, 0.29) is 17.9 Å². The molecule has 0 bridgehead atoms. The fourth-order valence-corrected chi connectivity index (χ4v) is 3.77. The van der Waals surface area contributed by atoms with Gasteiger partial charge in [-0.3, -0.25) is 9.59 Å². The van der Waals surface area contributed by atoms with Gasteiger partial charge in [0.15, 0.2) is 0 Å². The lowest BCUT2D eigenvalue weighted by Gasteiger charge is -2.32. The number of nitrogens with zero attached hydrogens (tertiary/aromatic N) is 1. The Morgan fingerprint density at radius 2 is 1.75 bits per heavy atom. The van der Waals surface area contributed by atoms with E-state index in [9.17, 15) is 9.59 Å². The highest BCUT2D eigenvalue weighted by molar-refractivity contribution is 5.94. The van der Waals surface area contributed by atoms with Crippen molar-refractivity contribution in [1.29, 1.82) is 0 Å². The summed E-state index contributed by atoms with van der Waals surface area (Å²) >= 11 is 0. The summed E-state index contributed by atoms with van der Waals surface area (Å²) in [4.78, 5) is 26.4. The normalized spacial score (nSPS) is 14.1. The molecular formula is C25H32N2O5.